The summed E-state index contributed by atoms with van der Waals surface area (Å²) in [7, 11) is 0. The second-order valence-corrected chi connectivity index (χ2v) is 6.48. The Morgan fingerprint density at radius 2 is 1.65 bits per heavy atom. The smallest absolute Gasteiger partial charge is 0.242 e. The Morgan fingerprint density at radius 1 is 1.00 bits per heavy atom. The van der Waals surface area contributed by atoms with Crippen LogP contribution in [0.25, 0.3) is 0 Å². The third-order valence-corrected chi connectivity index (χ3v) is 4.31. The number of ether oxygens (including phenoxy) is 1. The summed E-state index contributed by atoms with van der Waals surface area (Å²) in [5, 5.41) is 6.23. The largest absolute Gasteiger partial charge is 0.457 e. The van der Waals surface area contributed by atoms with Crippen LogP contribution in [0.1, 0.15) is 19.3 Å². The van der Waals surface area contributed by atoms with Gasteiger partial charge in [-0.1, -0.05) is 15.9 Å². The third kappa shape index (κ3) is 4.48. The van der Waals surface area contributed by atoms with E-state index < -0.39 is 0 Å². The van der Waals surface area contributed by atoms with Crippen molar-refractivity contribution in [2.45, 2.75) is 25.3 Å². The molecule has 0 radical (unpaired) electrons. The van der Waals surface area contributed by atoms with Gasteiger partial charge in [0.1, 0.15) is 17.5 Å². The van der Waals surface area contributed by atoms with Crippen molar-refractivity contribution in [2.24, 2.45) is 0 Å². The fourth-order valence-corrected chi connectivity index (χ4v) is 2.80. The van der Waals surface area contributed by atoms with Crippen LogP contribution in [0.15, 0.2) is 53.0 Å². The number of hydrogen-bond donors (Lipinski definition) is 2. The van der Waals surface area contributed by atoms with Crippen molar-refractivity contribution < 1.29 is 9.53 Å². The molecule has 0 saturated carbocycles. The number of carbonyl (C=O) groups excluding carboxylic acids is 1. The second-order valence-electron chi connectivity index (χ2n) is 5.56. The monoisotopic (exact) mass is 374 g/mol. The van der Waals surface area contributed by atoms with Crippen molar-refractivity contribution in [1.29, 1.82) is 0 Å². The topological polar surface area (TPSA) is 50.4 Å². The Hall–Kier alpha value is -2.01. The molecule has 4 nitrogen and oxygen atoms in total. The van der Waals surface area contributed by atoms with E-state index in [0.717, 1.165) is 47.5 Å². The molecule has 1 atom stereocenters. The first-order valence-corrected chi connectivity index (χ1v) is 8.58. The van der Waals surface area contributed by atoms with Crippen LogP contribution >= 0.6 is 15.9 Å². The average molecular weight is 375 g/mol. The molecule has 1 aliphatic heterocycles. The Kier molecular flexibility index (Phi) is 5.18. The maximum atomic E-state index is 12.0. The molecular weight excluding hydrogens is 356 g/mol. The number of benzene rings is 2. The minimum atomic E-state index is -0.157. The molecule has 0 bridgehead atoms. The van der Waals surface area contributed by atoms with Gasteiger partial charge in [0.25, 0.3) is 0 Å². The van der Waals surface area contributed by atoms with E-state index >= 15 is 0 Å². The van der Waals surface area contributed by atoms with Gasteiger partial charge in [0.05, 0.1) is 0 Å². The molecule has 3 rings (SSSR count). The lowest BCUT2D eigenvalue weighted by molar-refractivity contribution is -0.121. The van der Waals surface area contributed by atoms with E-state index in [-0.39, 0.29) is 11.9 Å². The molecule has 2 aromatic carbocycles. The fourth-order valence-electron chi connectivity index (χ4n) is 2.54. The van der Waals surface area contributed by atoms with E-state index in [4.69, 9.17) is 4.74 Å². The molecular formula is C18H19BrN2O2. The second kappa shape index (κ2) is 7.51. The van der Waals surface area contributed by atoms with Crippen molar-refractivity contribution >= 4 is 27.5 Å². The Morgan fingerprint density at radius 3 is 2.35 bits per heavy atom. The predicted octanol–water partition coefficient (Wildman–Crippen LogP) is 4.32. The van der Waals surface area contributed by atoms with Gasteiger partial charge in [0.15, 0.2) is 0 Å². The molecule has 120 valence electrons. The van der Waals surface area contributed by atoms with Gasteiger partial charge in [0, 0.05) is 16.7 Å². The lowest BCUT2D eigenvalue weighted by Crippen LogP contribution is -2.37. The zero-order valence-electron chi connectivity index (χ0n) is 12.7. The minimum Gasteiger partial charge on any atom is -0.457 e. The molecule has 2 N–H and O–H groups in total. The lowest BCUT2D eigenvalue weighted by Gasteiger charge is -2.16. The van der Waals surface area contributed by atoms with E-state index in [0.29, 0.717) is 0 Å². The number of carbonyl (C=O) groups is 1. The SMILES string of the molecule is O=C1NCCCC[C@H]1Nc1ccc(Oc2ccc(Br)cc2)cc1. The molecule has 0 aliphatic carbocycles. The van der Waals surface area contributed by atoms with Crippen LogP contribution < -0.4 is 15.4 Å². The maximum absolute atomic E-state index is 12.0. The molecule has 1 amide bonds. The summed E-state index contributed by atoms with van der Waals surface area (Å²) in [6, 6.07) is 15.2. The number of nitrogens with one attached hydrogen (secondary N) is 2. The average Bonchev–Trinajstić information content (AvgIpc) is 2.76. The Labute approximate surface area is 144 Å². The van der Waals surface area contributed by atoms with Gasteiger partial charge in [-0.25, -0.2) is 0 Å². The maximum Gasteiger partial charge on any atom is 0.242 e. The molecule has 1 aliphatic rings. The van der Waals surface area contributed by atoms with E-state index in [1.54, 1.807) is 0 Å². The highest BCUT2D eigenvalue weighted by molar-refractivity contribution is 9.10. The van der Waals surface area contributed by atoms with Gasteiger partial charge in [-0.2, -0.15) is 0 Å². The van der Waals surface area contributed by atoms with Crippen LogP contribution in [-0.4, -0.2) is 18.5 Å². The number of rotatable bonds is 4. The summed E-state index contributed by atoms with van der Waals surface area (Å²) in [4.78, 5) is 12.0. The van der Waals surface area contributed by atoms with Crippen LogP contribution in [0, 0.1) is 0 Å². The van der Waals surface area contributed by atoms with Gasteiger partial charge in [-0.15, -0.1) is 0 Å². The summed E-state index contributed by atoms with van der Waals surface area (Å²) in [6.45, 7) is 0.775. The molecule has 1 heterocycles. The number of anilines is 1. The van der Waals surface area contributed by atoms with E-state index in [1.165, 1.54) is 0 Å². The standard InChI is InChI=1S/C18H19BrN2O2/c19-13-4-8-15(9-5-13)23-16-10-6-14(7-11-16)21-17-3-1-2-12-20-18(17)22/h4-11,17,21H,1-3,12H2,(H,20,22)/t17-/m1/s1. The van der Waals surface area contributed by atoms with Gasteiger partial charge >= 0.3 is 0 Å². The molecule has 0 spiro atoms. The van der Waals surface area contributed by atoms with E-state index in [2.05, 4.69) is 26.6 Å². The Balaban J connectivity index is 1.62. The van der Waals surface area contributed by atoms with Crippen LogP contribution in [0.3, 0.4) is 0 Å². The molecule has 23 heavy (non-hydrogen) atoms. The van der Waals surface area contributed by atoms with Crippen molar-refractivity contribution in [1.82, 2.24) is 5.32 Å². The molecule has 0 aromatic heterocycles. The summed E-state index contributed by atoms with van der Waals surface area (Å²) >= 11 is 3.40. The highest BCUT2D eigenvalue weighted by atomic mass is 79.9. The third-order valence-electron chi connectivity index (χ3n) is 3.78. The van der Waals surface area contributed by atoms with Crippen molar-refractivity contribution in [3.05, 3.63) is 53.0 Å². The highest BCUT2D eigenvalue weighted by Gasteiger charge is 2.19. The van der Waals surface area contributed by atoms with Crippen LogP contribution in [0.5, 0.6) is 11.5 Å². The zero-order chi connectivity index (χ0) is 16.1. The first-order chi connectivity index (χ1) is 11.2. The van der Waals surface area contributed by atoms with Crippen LogP contribution in [0.2, 0.25) is 0 Å². The zero-order valence-corrected chi connectivity index (χ0v) is 14.3. The van der Waals surface area contributed by atoms with Gasteiger partial charge in [0.2, 0.25) is 5.91 Å². The van der Waals surface area contributed by atoms with Crippen LogP contribution in [0.4, 0.5) is 5.69 Å². The summed E-state index contributed by atoms with van der Waals surface area (Å²) in [5.41, 5.74) is 0.926. The van der Waals surface area contributed by atoms with Gasteiger partial charge in [-0.3, -0.25) is 4.79 Å². The summed E-state index contributed by atoms with van der Waals surface area (Å²) in [6.07, 6.45) is 2.97. The van der Waals surface area contributed by atoms with Gasteiger partial charge < -0.3 is 15.4 Å². The summed E-state index contributed by atoms with van der Waals surface area (Å²) in [5.74, 6) is 1.64. The molecule has 0 unspecified atom stereocenters. The van der Waals surface area contributed by atoms with Crippen LogP contribution in [-0.2, 0) is 4.79 Å². The first-order valence-electron chi connectivity index (χ1n) is 7.78. The molecule has 2 aromatic rings. The lowest BCUT2D eigenvalue weighted by atomic mass is 10.1. The Bertz CT molecular complexity index is 656. The van der Waals surface area contributed by atoms with Gasteiger partial charge in [-0.05, 0) is 67.8 Å². The minimum absolute atomic E-state index is 0.0812. The number of halogens is 1. The first kappa shape index (κ1) is 15.9. The highest BCUT2D eigenvalue weighted by Crippen LogP contribution is 2.25. The fraction of sp³-hybridized carbons (Fsp3) is 0.278. The normalized spacial score (nSPS) is 18.0. The number of amides is 1. The summed E-state index contributed by atoms with van der Waals surface area (Å²) < 4.78 is 6.81. The predicted molar refractivity (Wildman–Crippen MR) is 94.9 cm³/mol. The van der Waals surface area contributed by atoms with E-state index in [9.17, 15) is 4.79 Å². The van der Waals surface area contributed by atoms with Crippen molar-refractivity contribution in [2.75, 3.05) is 11.9 Å². The van der Waals surface area contributed by atoms with Crippen molar-refractivity contribution in [3.63, 3.8) is 0 Å². The molecule has 1 fully saturated rings. The molecule has 1 saturated heterocycles. The van der Waals surface area contributed by atoms with Crippen molar-refractivity contribution in [3.8, 4) is 11.5 Å². The molecule has 5 heteroatoms. The van der Waals surface area contributed by atoms with E-state index in [1.807, 2.05) is 48.5 Å². The quantitative estimate of drug-likeness (QED) is 0.837. The number of hydrogen-bond acceptors (Lipinski definition) is 3.